The van der Waals surface area contributed by atoms with E-state index < -0.39 is 111 Å². The van der Waals surface area contributed by atoms with Gasteiger partial charge < -0.3 is 80.3 Å². The Bertz CT molecular complexity index is 1800. The molecular weight excluding hydrogens is 756 g/mol. The summed E-state index contributed by atoms with van der Waals surface area (Å²) in [5, 5.41) is 99.0. The number of methoxy groups -OCH3 is 1. The molecule has 11 atom stereocenters. The van der Waals surface area contributed by atoms with Gasteiger partial charge in [0.05, 0.1) is 38.4 Å². The third-order valence-electron chi connectivity index (χ3n) is 9.59. The molecule has 0 saturated carbocycles. The maximum Gasteiger partial charge on any atom is 0.364 e. The fourth-order valence-electron chi connectivity index (χ4n) is 6.38. The number of ether oxygens (including phenoxy) is 5. The van der Waals surface area contributed by atoms with E-state index in [1.54, 1.807) is 60.7 Å². The number of carbonyl (C=O) groups is 3. The Balaban J connectivity index is 1.25. The normalized spacial score (nSPS) is 28.4. The number of carboxylic acids is 1. The van der Waals surface area contributed by atoms with Crippen LogP contribution in [0.2, 0.25) is 0 Å². The molecule has 0 aliphatic carbocycles. The number of aliphatic hydroxyl groups excluding tert-OH is 7. The van der Waals surface area contributed by atoms with Gasteiger partial charge in [-0.25, -0.2) is 4.79 Å². The minimum atomic E-state index is -2.84. The number of hydrogen-bond acceptors (Lipinski definition) is 16. The molecule has 2 aliphatic rings. The summed E-state index contributed by atoms with van der Waals surface area (Å²) in [6, 6.07) is 17.9. The molecule has 57 heavy (non-hydrogen) atoms. The van der Waals surface area contributed by atoms with Crippen LogP contribution in [0.5, 0.6) is 17.2 Å². The fourth-order valence-corrected chi connectivity index (χ4v) is 6.38. The number of carbonyl (C=O) groups excluding carboxylic acids is 2. The number of aliphatic hydroxyl groups is 7. The number of phenols is 1. The average molecular weight is 803 g/mol. The second-order valence-electron chi connectivity index (χ2n) is 13.6. The molecule has 3 aromatic rings. The van der Waals surface area contributed by atoms with Crippen LogP contribution in [0.25, 0.3) is 11.1 Å². The van der Waals surface area contributed by atoms with Gasteiger partial charge in [0.25, 0.3) is 5.79 Å². The first-order valence-electron chi connectivity index (χ1n) is 17.8. The van der Waals surface area contributed by atoms with Gasteiger partial charge in [0.1, 0.15) is 60.5 Å². The van der Waals surface area contributed by atoms with E-state index in [0.29, 0.717) is 11.3 Å². The number of rotatable bonds is 16. The van der Waals surface area contributed by atoms with E-state index in [1.807, 2.05) is 0 Å². The Morgan fingerprint density at radius 2 is 1.47 bits per heavy atom. The van der Waals surface area contributed by atoms with Crippen LogP contribution >= 0.6 is 0 Å². The van der Waals surface area contributed by atoms with Gasteiger partial charge in [0.2, 0.25) is 18.1 Å². The summed E-state index contributed by atoms with van der Waals surface area (Å²) in [5.74, 6) is -5.51. The van der Waals surface area contributed by atoms with Gasteiger partial charge >= 0.3 is 5.97 Å². The molecular formula is C38H46N2O17. The number of aromatic hydroxyl groups is 1. The summed E-state index contributed by atoms with van der Waals surface area (Å²) in [6.07, 6.45) is -17.5. The number of carboxylic acid groups (broad SMARTS) is 1. The van der Waals surface area contributed by atoms with E-state index in [1.165, 1.54) is 19.2 Å². The topological polar surface area (TPSA) is 303 Å². The van der Waals surface area contributed by atoms with Crippen molar-refractivity contribution in [1.29, 1.82) is 0 Å². The maximum atomic E-state index is 12.8. The highest BCUT2D eigenvalue weighted by atomic mass is 16.7. The molecule has 2 fully saturated rings. The second kappa shape index (κ2) is 19.0. The van der Waals surface area contributed by atoms with Crippen LogP contribution in [-0.4, -0.2) is 158 Å². The van der Waals surface area contributed by atoms with E-state index in [2.05, 4.69) is 10.6 Å². The van der Waals surface area contributed by atoms with Gasteiger partial charge in [-0.15, -0.1) is 0 Å². The summed E-state index contributed by atoms with van der Waals surface area (Å²) in [4.78, 5) is 37.7. The van der Waals surface area contributed by atoms with E-state index in [0.717, 1.165) is 11.1 Å². The van der Waals surface area contributed by atoms with Crippen molar-refractivity contribution >= 4 is 17.8 Å². The molecule has 19 nitrogen and oxygen atoms in total. The minimum Gasteiger partial charge on any atom is -0.508 e. The van der Waals surface area contributed by atoms with Crippen LogP contribution < -0.4 is 20.1 Å². The Hall–Kier alpha value is -4.93. The molecule has 0 unspecified atom stereocenters. The molecule has 2 amide bonds. The lowest BCUT2D eigenvalue weighted by Gasteiger charge is -2.47. The highest BCUT2D eigenvalue weighted by Gasteiger charge is 2.57. The molecule has 0 aromatic heterocycles. The molecule has 2 saturated heterocycles. The van der Waals surface area contributed by atoms with E-state index in [-0.39, 0.29) is 17.9 Å². The summed E-state index contributed by atoms with van der Waals surface area (Å²) < 4.78 is 27.7. The number of phenolic OH excluding ortho intramolecular Hbond substituents is 1. The number of amides is 2. The van der Waals surface area contributed by atoms with Crippen molar-refractivity contribution in [3.05, 3.63) is 78.4 Å². The first-order chi connectivity index (χ1) is 27.1. The standard InChI is InChI=1S/C38H46N2O17/c1-53-23-10-12-24(13-11-23)55-36-34(50)33(49)32(48)27(56-36)18-54-38(37(51)52)15-25(43)30(40-29(46)17-41)35(57-38)31(47)26(44)16-39-28(45)14-19-2-4-20(5-3-19)21-6-8-22(42)9-7-21/h2-13,25-27,30-36,41-44,47-50H,14-18H2,1H3,(H,39,45)(H,40,46)(H,51,52)/t25-,26+,27+,30-,31+,32-,33-,34+,35+,36+,38+/m0/s1. The highest BCUT2D eigenvalue weighted by molar-refractivity contribution is 5.79. The van der Waals surface area contributed by atoms with Gasteiger partial charge in [-0.05, 0) is 53.1 Å². The molecule has 0 spiro atoms. The molecule has 5 rings (SSSR count). The number of benzene rings is 3. The molecule has 11 N–H and O–H groups in total. The SMILES string of the molecule is COc1ccc(O[C@@H]2O[C@H](CO[C@]3(C(=O)O)C[C@H](O)[C@H](NC(=O)CO)[C@H]([C@H](O)[C@H](O)CNC(=O)Cc4ccc(-c5ccc(O)cc5)cc4)O3)[C@H](O)[C@H](O)[C@H]2O)cc1. The predicted molar refractivity (Wildman–Crippen MR) is 193 cm³/mol. The molecule has 3 aromatic carbocycles. The van der Waals surface area contributed by atoms with Crippen molar-refractivity contribution in [2.75, 3.05) is 26.9 Å². The van der Waals surface area contributed by atoms with Crippen molar-refractivity contribution in [1.82, 2.24) is 10.6 Å². The minimum absolute atomic E-state index is 0.117. The van der Waals surface area contributed by atoms with Crippen molar-refractivity contribution in [3.8, 4) is 28.4 Å². The van der Waals surface area contributed by atoms with Gasteiger partial charge in [-0.1, -0.05) is 36.4 Å². The van der Waals surface area contributed by atoms with Crippen LogP contribution in [-0.2, 0) is 35.0 Å². The Labute approximate surface area is 325 Å². The molecule has 310 valence electrons. The summed E-state index contributed by atoms with van der Waals surface area (Å²) >= 11 is 0. The lowest BCUT2D eigenvalue weighted by atomic mass is 9.88. The Morgan fingerprint density at radius 3 is 2.07 bits per heavy atom. The first kappa shape index (κ1) is 43.2. The average Bonchev–Trinajstić information content (AvgIpc) is 3.20. The molecule has 0 radical (unpaired) electrons. The third kappa shape index (κ3) is 10.5. The van der Waals surface area contributed by atoms with E-state index in [9.17, 15) is 60.3 Å². The number of hydrogen-bond donors (Lipinski definition) is 11. The van der Waals surface area contributed by atoms with Gasteiger partial charge in [-0.3, -0.25) is 9.59 Å². The lowest BCUT2D eigenvalue weighted by Crippen LogP contribution is -2.69. The van der Waals surface area contributed by atoms with Crippen LogP contribution in [0.3, 0.4) is 0 Å². The van der Waals surface area contributed by atoms with Crippen LogP contribution in [0.4, 0.5) is 0 Å². The monoisotopic (exact) mass is 802 g/mol. The largest absolute Gasteiger partial charge is 0.508 e. The summed E-state index contributed by atoms with van der Waals surface area (Å²) in [6.45, 7) is -2.52. The van der Waals surface area contributed by atoms with Crippen LogP contribution in [0.15, 0.2) is 72.8 Å². The molecule has 2 aliphatic heterocycles. The third-order valence-corrected chi connectivity index (χ3v) is 9.59. The maximum absolute atomic E-state index is 12.8. The van der Waals surface area contributed by atoms with Crippen molar-refractivity contribution in [3.63, 3.8) is 0 Å². The van der Waals surface area contributed by atoms with E-state index >= 15 is 0 Å². The number of nitrogens with one attached hydrogen (secondary N) is 2. The Kier molecular flexibility index (Phi) is 14.4. The fraction of sp³-hybridized carbons (Fsp3) is 0.447. The molecule has 19 heteroatoms. The number of aliphatic carboxylic acids is 1. The van der Waals surface area contributed by atoms with Gasteiger partial charge in [-0.2, -0.15) is 0 Å². The Morgan fingerprint density at radius 1 is 0.860 bits per heavy atom. The smallest absolute Gasteiger partial charge is 0.364 e. The highest BCUT2D eigenvalue weighted by Crippen LogP contribution is 2.35. The zero-order valence-corrected chi connectivity index (χ0v) is 30.5. The van der Waals surface area contributed by atoms with Crippen molar-refractivity contribution in [2.45, 2.75) is 79.8 Å². The predicted octanol–water partition coefficient (Wildman–Crippen LogP) is -2.24. The van der Waals surface area contributed by atoms with Crippen molar-refractivity contribution < 1.29 is 84.0 Å². The van der Waals surface area contributed by atoms with Crippen LogP contribution in [0, 0.1) is 0 Å². The van der Waals surface area contributed by atoms with Gasteiger partial charge in [0.15, 0.2) is 0 Å². The van der Waals surface area contributed by atoms with Gasteiger partial charge in [0, 0.05) is 13.0 Å². The zero-order chi connectivity index (χ0) is 41.4. The van der Waals surface area contributed by atoms with Crippen molar-refractivity contribution in [2.24, 2.45) is 0 Å². The second-order valence-corrected chi connectivity index (χ2v) is 13.6. The molecule has 2 heterocycles. The van der Waals surface area contributed by atoms with Crippen LogP contribution in [0.1, 0.15) is 12.0 Å². The first-order valence-corrected chi connectivity index (χ1v) is 17.8. The lowest BCUT2D eigenvalue weighted by molar-refractivity contribution is -0.331. The zero-order valence-electron chi connectivity index (χ0n) is 30.5. The quantitative estimate of drug-likeness (QED) is 0.0730. The summed E-state index contributed by atoms with van der Waals surface area (Å²) in [5.41, 5.74) is 2.27. The summed E-state index contributed by atoms with van der Waals surface area (Å²) in [7, 11) is 1.45. The molecule has 0 bridgehead atoms. The van der Waals surface area contributed by atoms with E-state index in [4.69, 9.17) is 23.7 Å².